The molecule has 4 heteroatoms. The molecule has 0 spiro atoms. The molecule has 3 nitrogen and oxygen atoms in total. The summed E-state index contributed by atoms with van der Waals surface area (Å²) in [6.07, 6.45) is 1.53. The Morgan fingerprint density at radius 2 is 2.50 bits per heavy atom. The molecule has 0 fully saturated rings. The lowest BCUT2D eigenvalue weighted by atomic mass is 9.98. The molecule has 0 aromatic carbocycles. The van der Waals surface area contributed by atoms with Gasteiger partial charge in [0, 0.05) is 5.25 Å². The first-order chi connectivity index (χ1) is 4.57. The maximum absolute atomic E-state index is 10.5. The van der Waals surface area contributed by atoms with E-state index in [4.69, 9.17) is 10.8 Å². The third kappa shape index (κ3) is 0.932. The maximum atomic E-state index is 10.5. The van der Waals surface area contributed by atoms with Gasteiger partial charge in [-0.1, -0.05) is 6.92 Å². The Bertz CT molecular complexity index is 192. The first-order valence-electron chi connectivity index (χ1n) is 2.93. The van der Waals surface area contributed by atoms with Crippen LogP contribution in [-0.2, 0) is 4.79 Å². The average molecular weight is 159 g/mol. The fourth-order valence-corrected chi connectivity index (χ4v) is 1.71. The fraction of sp³-hybridized carbons (Fsp3) is 0.500. The maximum Gasteiger partial charge on any atom is 0.328 e. The number of hydrogen-bond acceptors (Lipinski definition) is 3. The molecule has 1 aliphatic heterocycles. The predicted octanol–water partition coefficient (Wildman–Crippen LogP) is 0.418. The molecule has 10 heavy (non-hydrogen) atoms. The Hall–Kier alpha value is -0.480. The van der Waals surface area contributed by atoms with Gasteiger partial charge in [0.1, 0.15) is 5.54 Å². The first kappa shape index (κ1) is 7.63. The Labute approximate surface area is 63.3 Å². The Kier molecular flexibility index (Phi) is 1.74. The number of carboxylic acid groups (broad SMARTS) is 1. The van der Waals surface area contributed by atoms with E-state index in [9.17, 15) is 4.79 Å². The SMILES string of the molecule is CC1SC=CC1(N)C(=O)O. The molecule has 0 bridgehead atoms. The van der Waals surface area contributed by atoms with Crippen LogP contribution in [0.2, 0.25) is 0 Å². The molecule has 1 heterocycles. The van der Waals surface area contributed by atoms with Crippen molar-refractivity contribution in [3.8, 4) is 0 Å². The topological polar surface area (TPSA) is 63.3 Å². The minimum Gasteiger partial charge on any atom is -0.480 e. The molecule has 2 atom stereocenters. The second-order valence-corrected chi connectivity index (χ2v) is 3.57. The van der Waals surface area contributed by atoms with E-state index in [0.29, 0.717) is 0 Å². The van der Waals surface area contributed by atoms with Crippen LogP contribution < -0.4 is 5.73 Å². The quantitative estimate of drug-likeness (QED) is 0.582. The molecular weight excluding hydrogens is 150 g/mol. The van der Waals surface area contributed by atoms with Crippen molar-refractivity contribution in [2.45, 2.75) is 17.7 Å². The third-order valence-electron chi connectivity index (χ3n) is 1.67. The van der Waals surface area contributed by atoms with E-state index in [2.05, 4.69) is 0 Å². The summed E-state index contributed by atoms with van der Waals surface area (Å²) in [5.41, 5.74) is 4.39. The van der Waals surface area contributed by atoms with Gasteiger partial charge in [0.25, 0.3) is 0 Å². The van der Waals surface area contributed by atoms with Crippen molar-refractivity contribution in [1.82, 2.24) is 0 Å². The summed E-state index contributed by atoms with van der Waals surface area (Å²) in [7, 11) is 0. The van der Waals surface area contributed by atoms with Gasteiger partial charge in [-0.2, -0.15) is 0 Å². The summed E-state index contributed by atoms with van der Waals surface area (Å²) >= 11 is 1.45. The highest BCUT2D eigenvalue weighted by Crippen LogP contribution is 2.30. The van der Waals surface area contributed by atoms with E-state index in [0.717, 1.165) is 0 Å². The van der Waals surface area contributed by atoms with E-state index in [1.54, 1.807) is 12.3 Å². The number of aliphatic carboxylic acids is 1. The van der Waals surface area contributed by atoms with E-state index in [1.165, 1.54) is 17.8 Å². The second-order valence-electron chi connectivity index (χ2n) is 2.32. The van der Waals surface area contributed by atoms with Crippen LogP contribution in [0.3, 0.4) is 0 Å². The van der Waals surface area contributed by atoms with E-state index in [-0.39, 0.29) is 5.25 Å². The highest BCUT2D eigenvalue weighted by molar-refractivity contribution is 8.03. The van der Waals surface area contributed by atoms with Crippen molar-refractivity contribution in [3.63, 3.8) is 0 Å². The van der Waals surface area contributed by atoms with Gasteiger partial charge in [-0.05, 0) is 11.5 Å². The van der Waals surface area contributed by atoms with Crippen LogP contribution in [0, 0.1) is 0 Å². The highest BCUT2D eigenvalue weighted by atomic mass is 32.2. The van der Waals surface area contributed by atoms with Crippen molar-refractivity contribution in [3.05, 3.63) is 11.5 Å². The number of rotatable bonds is 1. The van der Waals surface area contributed by atoms with Crippen LogP contribution in [-0.4, -0.2) is 21.9 Å². The van der Waals surface area contributed by atoms with Crippen molar-refractivity contribution in [2.75, 3.05) is 0 Å². The van der Waals surface area contributed by atoms with E-state index < -0.39 is 11.5 Å². The summed E-state index contributed by atoms with van der Waals surface area (Å²) in [5, 5.41) is 10.3. The molecular formula is C6H9NO2S. The smallest absolute Gasteiger partial charge is 0.328 e. The molecule has 0 aliphatic carbocycles. The fourth-order valence-electron chi connectivity index (χ4n) is 0.763. The number of hydrogen-bond donors (Lipinski definition) is 2. The largest absolute Gasteiger partial charge is 0.480 e. The van der Waals surface area contributed by atoms with Crippen molar-refractivity contribution in [1.29, 1.82) is 0 Å². The van der Waals surface area contributed by atoms with E-state index >= 15 is 0 Å². The first-order valence-corrected chi connectivity index (χ1v) is 3.87. The highest BCUT2D eigenvalue weighted by Gasteiger charge is 2.40. The van der Waals surface area contributed by atoms with Gasteiger partial charge in [0.15, 0.2) is 0 Å². The van der Waals surface area contributed by atoms with Gasteiger partial charge in [0.2, 0.25) is 0 Å². The zero-order valence-corrected chi connectivity index (χ0v) is 6.39. The number of carboxylic acids is 1. The zero-order chi connectivity index (χ0) is 7.78. The lowest BCUT2D eigenvalue weighted by Gasteiger charge is -2.20. The third-order valence-corrected chi connectivity index (χ3v) is 2.76. The van der Waals surface area contributed by atoms with Gasteiger partial charge < -0.3 is 10.8 Å². The average Bonchev–Trinajstić information content (AvgIpc) is 2.15. The Morgan fingerprint density at radius 1 is 1.90 bits per heavy atom. The lowest BCUT2D eigenvalue weighted by molar-refractivity contribution is -0.141. The van der Waals surface area contributed by atoms with Gasteiger partial charge >= 0.3 is 5.97 Å². The molecule has 1 rings (SSSR count). The second kappa shape index (κ2) is 2.29. The molecule has 1 aliphatic rings. The van der Waals surface area contributed by atoms with Crippen LogP contribution in [0.25, 0.3) is 0 Å². The van der Waals surface area contributed by atoms with Crippen LogP contribution in [0.5, 0.6) is 0 Å². The Morgan fingerprint density at radius 3 is 2.70 bits per heavy atom. The van der Waals surface area contributed by atoms with Crippen LogP contribution in [0.1, 0.15) is 6.92 Å². The predicted molar refractivity (Wildman–Crippen MR) is 40.7 cm³/mol. The summed E-state index contributed by atoms with van der Waals surface area (Å²) in [4.78, 5) is 10.5. The molecule has 56 valence electrons. The molecule has 0 amide bonds. The zero-order valence-electron chi connectivity index (χ0n) is 5.57. The molecule has 2 unspecified atom stereocenters. The summed E-state index contributed by atoms with van der Waals surface area (Å²) in [6.45, 7) is 1.80. The van der Waals surface area contributed by atoms with Gasteiger partial charge in [-0.25, -0.2) is 4.79 Å². The molecule has 0 saturated heterocycles. The summed E-state index contributed by atoms with van der Waals surface area (Å²) in [6, 6.07) is 0. The molecule has 0 aromatic heterocycles. The number of thioether (sulfide) groups is 1. The monoisotopic (exact) mass is 159 g/mol. The molecule has 0 aromatic rings. The Balaban J connectivity index is 2.85. The van der Waals surface area contributed by atoms with Crippen LogP contribution >= 0.6 is 11.8 Å². The standard InChI is InChI=1S/C6H9NO2S/c1-4-6(7,5(8)9)2-3-10-4/h2-4H,7H2,1H3,(H,8,9). The molecule has 0 saturated carbocycles. The number of carbonyl (C=O) groups is 1. The molecule has 3 N–H and O–H groups in total. The molecule has 0 radical (unpaired) electrons. The van der Waals surface area contributed by atoms with Crippen molar-refractivity contribution >= 4 is 17.7 Å². The van der Waals surface area contributed by atoms with Crippen LogP contribution in [0.4, 0.5) is 0 Å². The summed E-state index contributed by atoms with van der Waals surface area (Å²) < 4.78 is 0. The minimum atomic E-state index is -1.15. The van der Waals surface area contributed by atoms with Crippen molar-refractivity contribution in [2.24, 2.45) is 5.73 Å². The van der Waals surface area contributed by atoms with Gasteiger partial charge in [-0.3, -0.25) is 0 Å². The van der Waals surface area contributed by atoms with Crippen molar-refractivity contribution < 1.29 is 9.90 Å². The van der Waals surface area contributed by atoms with Crippen LogP contribution in [0.15, 0.2) is 11.5 Å². The normalized spacial score (nSPS) is 38.4. The number of nitrogens with two attached hydrogens (primary N) is 1. The van der Waals surface area contributed by atoms with E-state index in [1.807, 2.05) is 0 Å². The minimum absolute atomic E-state index is 0.0648. The van der Waals surface area contributed by atoms with Gasteiger partial charge in [-0.15, -0.1) is 11.8 Å². The lowest BCUT2D eigenvalue weighted by Crippen LogP contribution is -2.51. The summed E-state index contributed by atoms with van der Waals surface area (Å²) in [5.74, 6) is -0.957. The van der Waals surface area contributed by atoms with Gasteiger partial charge in [0.05, 0.1) is 0 Å².